The third-order valence-electron chi connectivity index (χ3n) is 2.10. The summed E-state index contributed by atoms with van der Waals surface area (Å²) in [6.07, 6.45) is 3.20. The monoisotopic (exact) mass is 226 g/mol. The van der Waals surface area contributed by atoms with Crippen LogP contribution >= 0.6 is 0 Å². The van der Waals surface area contributed by atoms with Gasteiger partial charge in [-0.3, -0.25) is 4.79 Å². The van der Waals surface area contributed by atoms with Crippen LogP contribution in [0.2, 0.25) is 0 Å². The predicted molar refractivity (Wildman–Crippen MR) is 59.9 cm³/mol. The Morgan fingerprint density at radius 1 is 1.69 bits per heavy atom. The molecular weight excluding hydrogens is 208 g/mol. The molecule has 1 rings (SSSR count). The summed E-state index contributed by atoms with van der Waals surface area (Å²) in [6.45, 7) is 4.48. The minimum atomic E-state index is -0.644. The largest absolute Gasteiger partial charge is 0.394 e. The van der Waals surface area contributed by atoms with Gasteiger partial charge >= 0.3 is 0 Å². The van der Waals surface area contributed by atoms with Gasteiger partial charge in [0.05, 0.1) is 18.5 Å². The van der Waals surface area contributed by atoms with Crippen molar-refractivity contribution in [3.63, 3.8) is 0 Å². The van der Waals surface area contributed by atoms with Crippen molar-refractivity contribution in [3.05, 3.63) is 18.2 Å². The van der Waals surface area contributed by atoms with E-state index in [0.717, 1.165) is 0 Å². The van der Waals surface area contributed by atoms with Crippen molar-refractivity contribution >= 4 is 5.91 Å². The molecule has 0 aliphatic heterocycles. The molecule has 90 valence electrons. The summed E-state index contributed by atoms with van der Waals surface area (Å²) >= 11 is 0. The SMILES string of the molecule is CC(C)(CO)NC(=O)c1cn(CCN)cn1. The lowest BCUT2D eigenvalue weighted by Gasteiger charge is -2.22. The average Bonchev–Trinajstić information content (AvgIpc) is 2.66. The van der Waals surface area contributed by atoms with Crippen molar-refractivity contribution in [2.45, 2.75) is 25.9 Å². The number of rotatable bonds is 5. The van der Waals surface area contributed by atoms with Crippen LogP contribution in [0.4, 0.5) is 0 Å². The zero-order valence-electron chi connectivity index (χ0n) is 9.60. The molecule has 0 bridgehead atoms. The van der Waals surface area contributed by atoms with Gasteiger partial charge in [0.2, 0.25) is 0 Å². The van der Waals surface area contributed by atoms with E-state index in [0.29, 0.717) is 18.8 Å². The van der Waals surface area contributed by atoms with Crippen molar-refractivity contribution < 1.29 is 9.90 Å². The molecule has 0 aliphatic rings. The quantitative estimate of drug-likeness (QED) is 0.621. The Bertz CT molecular complexity index is 359. The highest BCUT2D eigenvalue weighted by Gasteiger charge is 2.21. The van der Waals surface area contributed by atoms with Gasteiger partial charge in [0.1, 0.15) is 5.69 Å². The third kappa shape index (κ3) is 3.32. The van der Waals surface area contributed by atoms with Gasteiger partial charge in [-0.15, -0.1) is 0 Å². The van der Waals surface area contributed by atoms with Gasteiger partial charge in [-0.1, -0.05) is 0 Å². The fraction of sp³-hybridized carbons (Fsp3) is 0.600. The van der Waals surface area contributed by atoms with Crippen LogP contribution in [0.3, 0.4) is 0 Å². The maximum Gasteiger partial charge on any atom is 0.271 e. The van der Waals surface area contributed by atoms with E-state index in [-0.39, 0.29) is 12.5 Å². The molecule has 16 heavy (non-hydrogen) atoms. The number of hydrogen-bond acceptors (Lipinski definition) is 4. The Hall–Kier alpha value is -1.40. The summed E-state index contributed by atoms with van der Waals surface area (Å²) < 4.78 is 1.75. The summed E-state index contributed by atoms with van der Waals surface area (Å²) in [5, 5.41) is 11.7. The van der Waals surface area contributed by atoms with Gasteiger partial charge in [0, 0.05) is 19.3 Å². The van der Waals surface area contributed by atoms with Crippen LogP contribution in [0.25, 0.3) is 0 Å². The molecule has 1 aromatic heterocycles. The van der Waals surface area contributed by atoms with Crippen molar-refractivity contribution in [2.75, 3.05) is 13.2 Å². The molecule has 0 saturated heterocycles. The van der Waals surface area contributed by atoms with E-state index in [1.807, 2.05) is 0 Å². The molecule has 1 heterocycles. The average molecular weight is 226 g/mol. The zero-order chi connectivity index (χ0) is 12.2. The standard InChI is InChI=1S/C10H18N4O2/c1-10(2,6-15)13-9(16)8-5-14(4-3-11)7-12-8/h5,7,15H,3-4,6,11H2,1-2H3,(H,13,16). The first-order chi connectivity index (χ1) is 7.48. The molecule has 0 unspecified atom stereocenters. The smallest absolute Gasteiger partial charge is 0.271 e. The van der Waals surface area contributed by atoms with E-state index < -0.39 is 5.54 Å². The van der Waals surface area contributed by atoms with Crippen molar-refractivity contribution in [1.82, 2.24) is 14.9 Å². The normalized spacial score (nSPS) is 11.5. The molecule has 1 amide bonds. The van der Waals surface area contributed by atoms with Crippen LogP contribution in [-0.4, -0.2) is 39.3 Å². The number of imidazole rings is 1. The summed E-state index contributed by atoms with van der Waals surface area (Å²) in [5.74, 6) is -0.296. The Morgan fingerprint density at radius 2 is 2.38 bits per heavy atom. The van der Waals surface area contributed by atoms with E-state index in [1.165, 1.54) is 0 Å². The second kappa shape index (κ2) is 5.09. The van der Waals surface area contributed by atoms with Gasteiger partial charge in [0.15, 0.2) is 0 Å². The fourth-order valence-corrected chi connectivity index (χ4v) is 1.16. The fourth-order valence-electron chi connectivity index (χ4n) is 1.16. The predicted octanol–water partition coefficient (Wildman–Crippen LogP) is -0.657. The number of aromatic nitrogens is 2. The van der Waals surface area contributed by atoms with Gasteiger partial charge in [-0.2, -0.15) is 0 Å². The van der Waals surface area contributed by atoms with E-state index >= 15 is 0 Å². The number of carbonyl (C=O) groups excluding carboxylic acids is 1. The first-order valence-electron chi connectivity index (χ1n) is 5.14. The zero-order valence-corrected chi connectivity index (χ0v) is 9.60. The van der Waals surface area contributed by atoms with E-state index in [4.69, 9.17) is 10.8 Å². The molecule has 0 spiro atoms. The van der Waals surface area contributed by atoms with Gasteiger partial charge < -0.3 is 20.7 Å². The molecule has 1 aromatic rings. The third-order valence-corrected chi connectivity index (χ3v) is 2.10. The minimum Gasteiger partial charge on any atom is -0.394 e. The lowest BCUT2D eigenvalue weighted by molar-refractivity contribution is 0.0864. The summed E-state index contributed by atoms with van der Waals surface area (Å²) in [5.41, 5.74) is 5.07. The molecule has 0 saturated carbocycles. The Morgan fingerprint density at radius 3 is 2.94 bits per heavy atom. The van der Waals surface area contributed by atoms with Crippen LogP contribution in [0.1, 0.15) is 24.3 Å². The van der Waals surface area contributed by atoms with E-state index in [1.54, 1.807) is 30.9 Å². The number of aliphatic hydroxyl groups excluding tert-OH is 1. The first-order valence-corrected chi connectivity index (χ1v) is 5.14. The first kappa shape index (κ1) is 12.7. The second-order valence-corrected chi connectivity index (χ2v) is 4.28. The van der Waals surface area contributed by atoms with Gasteiger partial charge in [-0.25, -0.2) is 4.98 Å². The van der Waals surface area contributed by atoms with E-state index in [9.17, 15) is 4.79 Å². The highest BCUT2D eigenvalue weighted by Crippen LogP contribution is 2.03. The Kier molecular flexibility index (Phi) is 4.03. The highest BCUT2D eigenvalue weighted by atomic mass is 16.3. The molecule has 4 N–H and O–H groups in total. The number of nitrogens with two attached hydrogens (primary N) is 1. The number of nitrogens with zero attached hydrogens (tertiary/aromatic N) is 2. The van der Waals surface area contributed by atoms with E-state index in [2.05, 4.69) is 10.3 Å². The highest BCUT2D eigenvalue weighted by molar-refractivity contribution is 5.92. The summed E-state index contributed by atoms with van der Waals surface area (Å²) in [6, 6.07) is 0. The topological polar surface area (TPSA) is 93.2 Å². The molecular formula is C10H18N4O2. The van der Waals surface area contributed by atoms with Crippen molar-refractivity contribution in [2.24, 2.45) is 5.73 Å². The molecule has 0 aromatic carbocycles. The Balaban J connectivity index is 2.66. The molecule has 0 atom stereocenters. The van der Waals surface area contributed by atoms with Crippen molar-refractivity contribution in [3.8, 4) is 0 Å². The number of hydrogen-bond donors (Lipinski definition) is 3. The summed E-state index contributed by atoms with van der Waals surface area (Å²) in [7, 11) is 0. The number of carbonyl (C=O) groups is 1. The lowest BCUT2D eigenvalue weighted by Crippen LogP contribution is -2.46. The minimum absolute atomic E-state index is 0.123. The molecule has 6 nitrogen and oxygen atoms in total. The van der Waals surface area contributed by atoms with Crippen LogP contribution in [0, 0.1) is 0 Å². The van der Waals surface area contributed by atoms with Crippen LogP contribution in [-0.2, 0) is 6.54 Å². The van der Waals surface area contributed by atoms with Gasteiger partial charge in [-0.05, 0) is 13.8 Å². The Labute approximate surface area is 94.5 Å². The van der Waals surface area contributed by atoms with Crippen LogP contribution < -0.4 is 11.1 Å². The molecule has 0 aliphatic carbocycles. The number of aliphatic hydroxyl groups is 1. The van der Waals surface area contributed by atoms with Gasteiger partial charge in [0.25, 0.3) is 5.91 Å². The molecule has 0 radical (unpaired) electrons. The number of nitrogens with one attached hydrogen (secondary N) is 1. The van der Waals surface area contributed by atoms with Crippen LogP contribution in [0.15, 0.2) is 12.5 Å². The lowest BCUT2D eigenvalue weighted by atomic mass is 10.1. The van der Waals surface area contributed by atoms with Crippen LogP contribution in [0.5, 0.6) is 0 Å². The summed E-state index contributed by atoms with van der Waals surface area (Å²) in [4.78, 5) is 15.7. The van der Waals surface area contributed by atoms with Crippen molar-refractivity contribution in [1.29, 1.82) is 0 Å². The molecule has 6 heteroatoms. The molecule has 0 fully saturated rings. The maximum absolute atomic E-state index is 11.7. The maximum atomic E-state index is 11.7. The second-order valence-electron chi connectivity index (χ2n) is 4.28. The number of amides is 1.